The van der Waals surface area contributed by atoms with Gasteiger partial charge >= 0.3 is 0 Å². The quantitative estimate of drug-likeness (QED) is 0.592. The maximum absolute atomic E-state index is 5.92. The number of hydrogen-bond acceptors (Lipinski definition) is 2. The van der Waals surface area contributed by atoms with Crippen molar-refractivity contribution in [3.05, 3.63) is 50.4 Å². The number of hydrogen-bond donors (Lipinski definition) is 0. The van der Waals surface area contributed by atoms with Crippen molar-refractivity contribution >= 4 is 49.9 Å². The number of halogens is 2. The third-order valence-corrected chi connectivity index (χ3v) is 5.11. The summed E-state index contributed by atoms with van der Waals surface area (Å²) in [5, 5.41) is 2.11. The third kappa shape index (κ3) is 2.78. The fourth-order valence-electron chi connectivity index (χ4n) is 2.33. The van der Waals surface area contributed by atoms with E-state index in [1.165, 1.54) is 16.0 Å². The Balaban J connectivity index is 2.09. The van der Waals surface area contributed by atoms with Crippen molar-refractivity contribution in [2.75, 3.05) is 5.88 Å². The van der Waals surface area contributed by atoms with E-state index in [1.54, 1.807) is 11.3 Å². The lowest BCUT2D eigenvalue weighted by Crippen LogP contribution is -2.05. The van der Waals surface area contributed by atoms with Crippen LogP contribution in [0.25, 0.3) is 11.0 Å². The Labute approximate surface area is 135 Å². The fraction of sp³-hybridized carbons (Fsp3) is 0.267. The number of aromatic nitrogens is 2. The Hall–Kier alpha value is -0.840. The number of nitrogens with zero attached hydrogens (tertiary/aromatic N) is 2. The minimum Gasteiger partial charge on any atom is -0.323 e. The van der Waals surface area contributed by atoms with E-state index in [1.807, 2.05) is 0 Å². The van der Waals surface area contributed by atoms with Crippen LogP contribution in [0.15, 0.2) is 34.1 Å². The lowest BCUT2D eigenvalue weighted by molar-refractivity contribution is 0.763. The predicted molar refractivity (Wildman–Crippen MR) is 90.0 cm³/mol. The molecule has 2 aromatic heterocycles. The van der Waals surface area contributed by atoms with E-state index in [4.69, 9.17) is 16.6 Å². The summed E-state index contributed by atoms with van der Waals surface area (Å²) in [5.41, 5.74) is 3.49. The Kier molecular flexibility index (Phi) is 4.15. The van der Waals surface area contributed by atoms with Gasteiger partial charge in [-0.3, -0.25) is 0 Å². The van der Waals surface area contributed by atoms with Crippen molar-refractivity contribution in [3.63, 3.8) is 0 Å². The molecule has 3 aromatic rings. The van der Waals surface area contributed by atoms with E-state index < -0.39 is 0 Å². The topological polar surface area (TPSA) is 17.8 Å². The molecule has 0 radical (unpaired) electrons. The second kappa shape index (κ2) is 5.88. The van der Waals surface area contributed by atoms with Gasteiger partial charge in [-0.05, 0) is 46.6 Å². The number of imidazole rings is 1. The summed E-state index contributed by atoms with van der Waals surface area (Å²) in [7, 11) is 0. The second-order valence-electron chi connectivity index (χ2n) is 4.78. The highest BCUT2D eigenvalue weighted by Crippen LogP contribution is 2.24. The largest absolute Gasteiger partial charge is 0.323 e. The number of rotatable bonds is 4. The molecule has 2 nitrogen and oxygen atoms in total. The van der Waals surface area contributed by atoms with Gasteiger partial charge in [-0.1, -0.05) is 6.07 Å². The molecule has 1 aromatic carbocycles. The van der Waals surface area contributed by atoms with Crippen molar-refractivity contribution in [1.29, 1.82) is 0 Å². The van der Waals surface area contributed by atoms with Crippen LogP contribution in [0.2, 0.25) is 0 Å². The Morgan fingerprint density at radius 2 is 2.20 bits per heavy atom. The molecule has 0 saturated carbocycles. The molecule has 3 rings (SSSR count). The number of aryl methyl sites for hydroxylation is 2. The van der Waals surface area contributed by atoms with Gasteiger partial charge in [-0.25, -0.2) is 4.98 Å². The van der Waals surface area contributed by atoms with Crippen molar-refractivity contribution < 1.29 is 0 Å². The van der Waals surface area contributed by atoms with Gasteiger partial charge in [0.2, 0.25) is 0 Å². The van der Waals surface area contributed by atoms with Crippen LogP contribution in [0.5, 0.6) is 0 Å². The van der Waals surface area contributed by atoms with Crippen LogP contribution in [0.4, 0.5) is 0 Å². The zero-order valence-electron chi connectivity index (χ0n) is 11.1. The molecule has 0 aliphatic carbocycles. The standard InChI is InChI=1S/C15H14BrClN2S/c1-10-2-3-13-14(6-10)19(15(18-13)4-5-17)8-12-7-11(16)9-20-12/h2-3,6-7,9H,4-5,8H2,1H3. The summed E-state index contributed by atoms with van der Waals surface area (Å²) < 4.78 is 3.42. The predicted octanol–water partition coefficient (Wildman–Crippen LogP) is 5.00. The van der Waals surface area contributed by atoms with Gasteiger partial charge in [0.15, 0.2) is 0 Å². The maximum atomic E-state index is 5.92. The van der Waals surface area contributed by atoms with Gasteiger partial charge in [-0.2, -0.15) is 0 Å². The zero-order chi connectivity index (χ0) is 14.1. The minimum absolute atomic E-state index is 0.594. The minimum atomic E-state index is 0.594. The van der Waals surface area contributed by atoms with E-state index in [0.29, 0.717) is 5.88 Å². The van der Waals surface area contributed by atoms with Gasteiger partial charge in [-0.15, -0.1) is 22.9 Å². The highest BCUT2D eigenvalue weighted by atomic mass is 79.9. The molecule has 20 heavy (non-hydrogen) atoms. The summed E-state index contributed by atoms with van der Waals surface area (Å²) in [6.45, 7) is 2.96. The molecule has 0 saturated heterocycles. The van der Waals surface area contributed by atoms with E-state index in [0.717, 1.165) is 28.8 Å². The van der Waals surface area contributed by atoms with Crippen LogP contribution in [0.3, 0.4) is 0 Å². The van der Waals surface area contributed by atoms with Crippen molar-refractivity contribution in [3.8, 4) is 0 Å². The molecule has 0 aliphatic rings. The molecule has 0 N–H and O–H groups in total. The average molecular weight is 370 g/mol. The lowest BCUT2D eigenvalue weighted by atomic mass is 10.2. The molecule has 0 bridgehead atoms. The number of alkyl halides is 1. The molecular weight excluding hydrogens is 356 g/mol. The van der Waals surface area contributed by atoms with Crippen molar-refractivity contribution in [1.82, 2.24) is 9.55 Å². The van der Waals surface area contributed by atoms with Gasteiger partial charge in [0.25, 0.3) is 0 Å². The van der Waals surface area contributed by atoms with E-state index >= 15 is 0 Å². The first kappa shape index (κ1) is 14.1. The van der Waals surface area contributed by atoms with Gasteiger partial charge < -0.3 is 4.57 Å². The number of fused-ring (bicyclic) bond motifs is 1. The molecule has 5 heteroatoms. The van der Waals surface area contributed by atoms with Crippen molar-refractivity contribution in [2.24, 2.45) is 0 Å². The first-order chi connectivity index (χ1) is 9.67. The van der Waals surface area contributed by atoms with Crippen LogP contribution in [-0.2, 0) is 13.0 Å². The summed E-state index contributed by atoms with van der Waals surface area (Å²) in [4.78, 5) is 6.03. The molecule has 2 heterocycles. The average Bonchev–Trinajstić information content (AvgIpc) is 2.96. The molecule has 0 aliphatic heterocycles. The number of thiophene rings is 1. The first-order valence-corrected chi connectivity index (χ1v) is 8.63. The lowest BCUT2D eigenvalue weighted by Gasteiger charge is -2.07. The van der Waals surface area contributed by atoms with E-state index in [2.05, 4.69) is 57.1 Å². The smallest absolute Gasteiger partial charge is 0.111 e. The van der Waals surface area contributed by atoms with Crippen molar-refractivity contribution in [2.45, 2.75) is 19.9 Å². The Morgan fingerprint density at radius 1 is 1.35 bits per heavy atom. The highest BCUT2D eigenvalue weighted by Gasteiger charge is 2.11. The van der Waals surface area contributed by atoms with Crippen LogP contribution in [0, 0.1) is 6.92 Å². The summed E-state index contributed by atoms with van der Waals surface area (Å²) >= 11 is 11.2. The first-order valence-electron chi connectivity index (χ1n) is 6.42. The molecule has 0 atom stereocenters. The molecule has 104 valence electrons. The summed E-state index contributed by atoms with van der Waals surface area (Å²) in [5.74, 6) is 1.65. The molecule has 0 spiro atoms. The van der Waals surface area contributed by atoms with Crippen LogP contribution >= 0.6 is 38.9 Å². The van der Waals surface area contributed by atoms with E-state index in [9.17, 15) is 0 Å². The molecule has 0 fully saturated rings. The van der Waals surface area contributed by atoms with Gasteiger partial charge in [0, 0.05) is 27.0 Å². The van der Waals surface area contributed by atoms with Crippen LogP contribution in [0.1, 0.15) is 16.3 Å². The molecular formula is C15H14BrClN2S. The third-order valence-electron chi connectivity index (χ3n) is 3.24. The monoisotopic (exact) mass is 368 g/mol. The SMILES string of the molecule is Cc1ccc2nc(CCCl)n(Cc3cc(Br)cs3)c2c1. The fourth-order valence-corrected chi connectivity index (χ4v) is 3.93. The normalized spacial score (nSPS) is 11.3. The summed E-state index contributed by atoms with van der Waals surface area (Å²) in [6.07, 6.45) is 0.793. The Bertz CT molecular complexity index is 747. The van der Waals surface area contributed by atoms with Gasteiger partial charge in [0.05, 0.1) is 17.6 Å². The number of benzene rings is 1. The Morgan fingerprint density at radius 3 is 2.90 bits per heavy atom. The van der Waals surface area contributed by atoms with Gasteiger partial charge in [0.1, 0.15) is 5.82 Å². The maximum Gasteiger partial charge on any atom is 0.111 e. The van der Waals surface area contributed by atoms with Crippen LogP contribution in [-0.4, -0.2) is 15.4 Å². The summed E-state index contributed by atoms with van der Waals surface area (Å²) in [6, 6.07) is 8.55. The second-order valence-corrected chi connectivity index (χ2v) is 7.07. The molecule has 0 amide bonds. The zero-order valence-corrected chi connectivity index (χ0v) is 14.2. The van der Waals surface area contributed by atoms with Crippen LogP contribution < -0.4 is 0 Å². The molecule has 0 unspecified atom stereocenters. The highest BCUT2D eigenvalue weighted by molar-refractivity contribution is 9.10. The van der Waals surface area contributed by atoms with E-state index in [-0.39, 0.29) is 0 Å².